The number of rotatable bonds is 9. The number of methoxy groups -OCH3 is 2. The van der Waals surface area contributed by atoms with Crippen LogP contribution in [-0.4, -0.2) is 77.1 Å². The largest absolute Gasteiger partial charge is 0.383 e. The smallest absolute Gasteiger partial charge is 0.254 e. The zero-order valence-corrected chi connectivity index (χ0v) is 15.6. The maximum atomic E-state index is 12.8. The quantitative estimate of drug-likeness (QED) is 0.653. The monoisotopic (exact) mass is 370 g/mol. The fourth-order valence-electron chi connectivity index (χ4n) is 2.77. The van der Waals surface area contributed by atoms with Crippen LogP contribution in [0.5, 0.6) is 0 Å². The molecule has 1 saturated heterocycles. The van der Waals surface area contributed by atoms with Gasteiger partial charge < -0.3 is 14.4 Å². The van der Waals surface area contributed by atoms with Crippen LogP contribution >= 0.6 is 0 Å². The molecule has 25 heavy (non-hydrogen) atoms. The van der Waals surface area contributed by atoms with Crippen molar-refractivity contribution < 1.29 is 22.7 Å². The molecule has 1 aromatic rings. The topological polar surface area (TPSA) is 76.1 Å². The van der Waals surface area contributed by atoms with Gasteiger partial charge in [-0.25, -0.2) is 8.42 Å². The molecule has 1 fully saturated rings. The molecule has 0 N–H and O–H groups in total. The van der Waals surface area contributed by atoms with Crippen molar-refractivity contribution in [3.63, 3.8) is 0 Å². The van der Waals surface area contributed by atoms with Gasteiger partial charge in [-0.2, -0.15) is 4.31 Å². The van der Waals surface area contributed by atoms with Crippen LogP contribution in [0.2, 0.25) is 0 Å². The fourth-order valence-corrected chi connectivity index (χ4v) is 4.33. The first-order chi connectivity index (χ1) is 12.0. The van der Waals surface area contributed by atoms with Crippen molar-refractivity contribution in [2.24, 2.45) is 0 Å². The number of amides is 1. The Kier molecular flexibility index (Phi) is 7.37. The van der Waals surface area contributed by atoms with Crippen molar-refractivity contribution in [1.29, 1.82) is 0 Å². The van der Waals surface area contributed by atoms with Crippen molar-refractivity contribution in [3.8, 4) is 0 Å². The molecule has 1 heterocycles. The summed E-state index contributed by atoms with van der Waals surface area (Å²) in [5, 5.41) is 0. The highest BCUT2D eigenvalue weighted by molar-refractivity contribution is 7.89. The number of ether oxygens (including phenoxy) is 2. The lowest BCUT2D eigenvalue weighted by Crippen LogP contribution is -2.36. The van der Waals surface area contributed by atoms with Gasteiger partial charge in [-0.15, -0.1) is 0 Å². The Balaban J connectivity index is 2.21. The molecular formula is C17H26N2O5S. The Morgan fingerprint density at radius 3 is 2.28 bits per heavy atom. The van der Waals surface area contributed by atoms with Crippen molar-refractivity contribution in [2.45, 2.75) is 17.7 Å². The van der Waals surface area contributed by atoms with E-state index in [1.54, 1.807) is 37.3 Å². The lowest BCUT2D eigenvalue weighted by atomic mass is 10.2. The number of hydrogen-bond acceptors (Lipinski definition) is 5. The predicted octanol–water partition coefficient (Wildman–Crippen LogP) is 1.21. The van der Waals surface area contributed by atoms with E-state index in [1.165, 1.54) is 10.4 Å². The summed E-state index contributed by atoms with van der Waals surface area (Å²) in [7, 11) is -0.398. The second-order valence-corrected chi connectivity index (χ2v) is 7.85. The second-order valence-electron chi connectivity index (χ2n) is 5.92. The molecule has 0 radical (unpaired) electrons. The number of carbonyl (C=O) groups is 1. The number of carbonyl (C=O) groups excluding carboxylic acids is 1. The van der Waals surface area contributed by atoms with Gasteiger partial charge in [0, 0.05) is 46.0 Å². The molecule has 0 aliphatic carbocycles. The van der Waals surface area contributed by atoms with Gasteiger partial charge in [0.25, 0.3) is 5.91 Å². The second kappa shape index (κ2) is 9.28. The van der Waals surface area contributed by atoms with E-state index in [4.69, 9.17) is 9.47 Å². The summed E-state index contributed by atoms with van der Waals surface area (Å²) in [6, 6.07) is 6.25. The van der Waals surface area contributed by atoms with Gasteiger partial charge in [-0.05, 0) is 31.0 Å². The van der Waals surface area contributed by atoms with Gasteiger partial charge in [0.2, 0.25) is 10.0 Å². The zero-order valence-electron chi connectivity index (χ0n) is 14.8. The van der Waals surface area contributed by atoms with E-state index in [-0.39, 0.29) is 10.8 Å². The molecule has 0 aromatic heterocycles. The minimum Gasteiger partial charge on any atom is -0.383 e. The van der Waals surface area contributed by atoms with Crippen molar-refractivity contribution in [2.75, 3.05) is 53.6 Å². The molecule has 1 aliphatic heterocycles. The van der Waals surface area contributed by atoms with Gasteiger partial charge in [-0.3, -0.25) is 4.79 Å². The summed E-state index contributed by atoms with van der Waals surface area (Å²) >= 11 is 0. The average molecular weight is 370 g/mol. The summed E-state index contributed by atoms with van der Waals surface area (Å²) in [5.74, 6) is -0.229. The van der Waals surface area contributed by atoms with Crippen LogP contribution in [0, 0.1) is 0 Å². The van der Waals surface area contributed by atoms with Gasteiger partial charge >= 0.3 is 0 Å². The van der Waals surface area contributed by atoms with Crippen LogP contribution in [0.4, 0.5) is 0 Å². The van der Waals surface area contributed by atoms with Crippen molar-refractivity contribution in [1.82, 2.24) is 9.21 Å². The first-order valence-corrected chi connectivity index (χ1v) is 9.82. The maximum absolute atomic E-state index is 12.8. The van der Waals surface area contributed by atoms with E-state index in [2.05, 4.69) is 0 Å². The highest BCUT2D eigenvalue weighted by Crippen LogP contribution is 2.22. The Morgan fingerprint density at radius 2 is 1.72 bits per heavy atom. The van der Waals surface area contributed by atoms with Crippen LogP contribution in [0.1, 0.15) is 23.2 Å². The first kappa shape index (κ1) is 19.8. The molecule has 0 spiro atoms. The Bertz CT molecular complexity index is 663. The van der Waals surface area contributed by atoms with Gasteiger partial charge in [0.15, 0.2) is 0 Å². The third-order valence-electron chi connectivity index (χ3n) is 4.20. The van der Waals surface area contributed by atoms with Gasteiger partial charge in [0.05, 0.1) is 18.1 Å². The molecule has 0 saturated carbocycles. The fraction of sp³-hybridized carbons (Fsp3) is 0.588. The van der Waals surface area contributed by atoms with E-state index in [0.29, 0.717) is 45.0 Å². The standard InChI is InChI=1S/C17H26N2O5S/c1-23-12-10-18(11-13-24-2)17(20)15-6-5-7-16(14-15)25(21,22)19-8-3-4-9-19/h5-7,14H,3-4,8-13H2,1-2H3. The molecule has 1 aromatic carbocycles. The lowest BCUT2D eigenvalue weighted by molar-refractivity contribution is 0.0627. The summed E-state index contributed by atoms with van der Waals surface area (Å²) in [4.78, 5) is 14.5. The molecule has 0 unspecified atom stereocenters. The molecule has 140 valence electrons. The zero-order chi connectivity index (χ0) is 18.3. The summed E-state index contributed by atoms with van der Waals surface area (Å²) in [5.41, 5.74) is 0.354. The molecule has 2 rings (SSSR count). The van der Waals surface area contributed by atoms with Crippen LogP contribution in [0.3, 0.4) is 0 Å². The minimum absolute atomic E-state index is 0.165. The van der Waals surface area contributed by atoms with E-state index in [9.17, 15) is 13.2 Å². The molecular weight excluding hydrogens is 344 g/mol. The number of nitrogens with zero attached hydrogens (tertiary/aromatic N) is 2. The van der Waals surface area contributed by atoms with Gasteiger partial charge in [0.1, 0.15) is 0 Å². The van der Waals surface area contributed by atoms with Crippen LogP contribution in [0.25, 0.3) is 0 Å². The summed E-state index contributed by atoms with van der Waals surface area (Å²) in [6.07, 6.45) is 1.75. The van der Waals surface area contributed by atoms with Crippen LogP contribution in [-0.2, 0) is 19.5 Å². The van der Waals surface area contributed by atoms with E-state index in [1.807, 2.05) is 0 Å². The summed E-state index contributed by atoms with van der Waals surface area (Å²) < 4.78 is 36.9. The molecule has 1 aliphatic rings. The predicted molar refractivity (Wildman–Crippen MR) is 94.1 cm³/mol. The normalized spacial score (nSPS) is 15.4. The van der Waals surface area contributed by atoms with E-state index < -0.39 is 10.0 Å². The lowest BCUT2D eigenvalue weighted by Gasteiger charge is -2.22. The Morgan fingerprint density at radius 1 is 1.12 bits per heavy atom. The average Bonchev–Trinajstić information content (AvgIpc) is 3.17. The Hall–Kier alpha value is -1.48. The van der Waals surface area contributed by atoms with Gasteiger partial charge in [-0.1, -0.05) is 6.07 Å². The molecule has 0 atom stereocenters. The van der Waals surface area contributed by atoms with Crippen molar-refractivity contribution in [3.05, 3.63) is 29.8 Å². The molecule has 8 heteroatoms. The molecule has 0 bridgehead atoms. The Labute approximate surface area is 149 Å². The van der Waals surface area contributed by atoms with E-state index >= 15 is 0 Å². The minimum atomic E-state index is -3.54. The maximum Gasteiger partial charge on any atom is 0.254 e. The van der Waals surface area contributed by atoms with Crippen molar-refractivity contribution >= 4 is 15.9 Å². The molecule has 7 nitrogen and oxygen atoms in total. The first-order valence-electron chi connectivity index (χ1n) is 8.38. The highest BCUT2D eigenvalue weighted by Gasteiger charge is 2.28. The number of sulfonamides is 1. The van der Waals surface area contributed by atoms with Crippen LogP contribution in [0.15, 0.2) is 29.2 Å². The highest BCUT2D eigenvalue weighted by atomic mass is 32.2. The molecule has 1 amide bonds. The third kappa shape index (κ3) is 5.01. The third-order valence-corrected chi connectivity index (χ3v) is 6.10. The summed E-state index contributed by atoms with van der Waals surface area (Å²) in [6.45, 7) is 2.72. The number of hydrogen-bond donors (Lipinski definition) is 0. The number of benzene rings is 1. The SMILES string of the molecule is COCCN(CCOC)C(=O)c1cccc(S(=O)(=O)N2CCCC2)c1. The van der Waals surface area contributed by atoms with Crippen LogP contribution < -0.4 is 0 Å². The van der Waals surface area contributed by atoms with E-state index in [0.717, 1.165) is 12.8 Å².